The molecule has 0 aromatic heterocycles. The SMILES string of the molecule is CCCSP(=O)(OCC)Oc1c(Cl)ccc(C=NNC(N)=O)c1Cl. The van der Waals surface area contributed by atoms with Gasteiger partial charge in [-0.05, 0) is 30.8 Å². The number of nitrogens with zero attached hydrogens (tertiary/aromatic N) is 1. The van der Waals surface area contributed by atoms with Gasteiger partial charge in [0.2, 0.25) is 0 Å². The van der Waals surface area contributed by atoms with Gasteiger partial charge in [-0.25, -0.2) is 14.8 Å². The molecule has 1 rings (SSSR count). The largest absolute Gasteiger partial charge is 0.440 e. The van der Waals surface area contributed by atoms with Crippen molar-refractivity contribution in [3.05, 3.63) is 27.7 Å². The summed E-state index contributed by atoms with van der Waals surface area (Å²) in [5.41, 5.74) is 7.35. The fraction of sp³-hybridized carbons (Fsp3) is 0.385. The van der Waals surface area contributed by atoms with Crippen LogP contribution in [-0.2, 0) is 9.09 Å². The van der Waals surface area contributed by atoms with Crippen LogP contribution in [-0.4, -0.2) is 24.6 Å². The van der Waals surface area contributed by atoms with Crippen LogP contribution in [0.5, 0.6) is 5.75 Å². The van der Waals surface area contributed by atoms with Crippen LogP contribution < -0.4 is 15.7 Å². The van der Waals surface area contributed by atoms with Crippen molar-refractivity contribution in [2.45, 2.75) is 20.3 Å². The monoisotopic (exact) mass is 413 g/mol. The van der Waals surface area contributed by atoms with Crippen molar-refractivity contribution in [3.8, 4) is 5.75 Å². The van der Waals surface area contributed by atoms with Crippen LogP contribution >= 0.6 is 41.4 Å². The van der Waals surface area contributed by atoms with Crippen molar-refractivity contribution in [3.63, 3.8) is 0 Å². The molecular weight excluding hydrogens is 396 g/mol. The second-order valence-corrected chi connectivity index (χ2v) is 9.21. The van der Waals surface area contributed by atoms with Crippen LogP contribution in [0.15, 0.2) is 17.2 Å². The number of primary amides is 1. The molecule has 2 amide bonds. The van der Waals surface area contributed by atoms with Gasteiger partial charge in [-0.1, -0.05) is 36.2 Å². The third-order valence-corrected chi connectivity index (χ3v) is 7.01. The molecule has 0 saturated heterocycles. The molecule has 1 aromatic carbocycles. The Balaban J connectivity index is 3.10. The quantitative estimate of drug-likeness (QED) is 0.348. The summed E-state index contributed by atoms with van der Waals surface area (Å²) in [6.07, 6.45) is 2.07. The van der Waals surface area contributed by atoms with Crippen molar-refractivity contribution < 1.29 is 18.4 Å². The summed E-state index contributed by atoms with van der Waals surface area (Å²) in [4.78, 5) is 10.6. The summed E-state index contributed by atoms with van der Waals surface area (Å²) in [7, 11) is 0. The van der Waals surface area contributed by atoms with E-state index in [4.69, 9.17) is 38.0 Å². The normalized spacial score (nSPS) is 13.7. The predicted octanol–water partition coefficient (Wildman–Crippen LogP) is 4.66. The summed E-state index contributed by atoms with van der Waals surface area (Å²) in [5.74, 6) is 0.623. The van der Waals surface area contributed by atoms with Gasteiger partial charge in [0.25, 0.3) is 0 Å². The molecule has 0 saturated carbocycles. The number of nitrogens with one attached hydrogen (secondary N) is 1. The summed E-state index contributed by atoms with van der Waals surface area (Å²) < 4.78 is 23.6. The number of urea groups is 1. The molecule has 1 aromatic rings. The zero-order chi connectivity index (χ0) is 18.2. The summed E-state index contributed by atoms with van der Waals surface area (Å²) in [5, 5.41) is 3.89. The van der Waals surface area contributed by atoms with Crippen molar-refractivity contribution in [1.82, 2.24) is 5.43 Å². The van der Waals surface area contributed by atoms with Crippen LogP contribution in [0.4, 0.5) is 4.79 Å². The highest BCUT2D eigenvalue weighted by Crippen LogP contribution is 2.61. The van der Waals surface area contributed by atoms with E-state index in [2.05, 4.69) is 5.10 Å². The fourth-order valence-corrected chi connectivity index (χ4v) is 5.52. The van der Waals surface area contributed by atoms with Crippen LogP contribution in [0, 0.1) is 0 Å². The average Bonchev–Trinajstić information content (AvgIpc) is 2.52. The Labute approximate surface area is 154 Å². The Morgan fingerprint density at radius 2 is 2.17 bits per heavy atom. The first kappa shape index (κ1) is 21.1. The maximum Gasteiger partial charge on any atom is 0.440 e. The zero-order valence-corrected chi connectivity index (χ0v) is 16.3. The Morgan fingerprint density at radius 1 is 1.46 bits per heavy atom. The topological polar surface area (TPSA) is 103 Å². The van der Waals surface area contributed by atoms with Gasteiger partial charge in [0.1, 0.15) is 0 Å². The lowest BCUT2D eigenvalue weighted by Gasteiger charge is -2.19. The van der Waals surface area contributed by atoms with Crippen molar-refractivity contribution in [2.75, 3.05) is 12.4 Å². The van der Waals surface area contributed by atoms with Gasteiger partial charge in [0, 0.05) is 11.3 Å². The Kier molecular flexibility index (Phi) is 8.94. The van der Waals surface area contributed by atoms with Gasteiger partial charge in [-0.2, -0.15) is 5.10 Å². The number of hydrogen-bond donors (Lipinski definition) is 2. The predicted molar refractivity (Wildman–Crippen MR) is 99.4 cm³/mol. The first-order valence-corrected chi connectivity index (χ1v) is 10.9. The smallest absolute Gasteiger partial charge is 0.414 e. The maximum absolute atomic E-state index is 12.8. The minimum atomic E-state index is -3.46. The van der Waals surface area contributed by atoms with Gasteiger partial charge in [0.05, 0.1) is 22.9 Å². The molecule has 7 nitrogen and oxygen atoms in total. The number of rotatable bonds is 9. The molecule has 134 valence electrons. The molecule has 0 spiro atoms. The highest BCUT2D eigenvalue weighted by atomic mass is 35.5. The average molecular weight is 414 g/mol. The molecule has 1 unspecified atom stereocenters. The number of amides is 2. The summed E-state index contributed by atoms with van der Waals surface area (Å²) in [6.45, 7) is 0.419. The number of carbonyl (C=O) groups excluding carboxylic acids is 1. The third-order valence-electron chi connectivity index (χ3n) is 2.40. The molecule has 1 atom stereocenters. The van der Waals surface area contributed by atoms with Crippen LogP contribution in [0.2, 0.25) is 10.0 Å². The molecule has 0 radical (unpaired) electrons. The second-order valence-electron chi connectivity index (χ2n) is 4.30. The lowest BCUT2D eigenvalue weighted by atomic mass is 10.2. The number of hydrazone groups is 1. The lowest BCUT2D eigenvalue weighted by molar-refractivity contribution is 0.249. The second kappa shape index (κ2) is 10.2. The number of halogens is 2. The third kappa shape index (κ3) is 6.53. The molecule has 0 bridgehead atoms. The number of hydrogen-bond acceptors (Lipinski definition) is 6. The van der Waals surface area contributed by atoms with E-state index in [1.54, 1.807) is 13.0 Å². The van der Waals surface area contributed by atoms with E-state index < -0.39 is 12.8 Å². The number of nitrogens with two attached hydrogens (primary N) is 1. The molecule has 0 heterocycles. The first-order chi connectivity index (χ1) is 11.3. The van der Waals surface area contributed by atoms with E-state index in [-0.39, 0.29) is 22.4 Å². The minimum absolute atomic E-state index is 0.0294. The van der Waals surface area contributed by atoms with Crippen LogP contribution in [0.1, 0.15) is 25.8 Å². The van der Waals surface area contributed by atoms with Gasteiger partial charge < -0.3 is 10.3 Å². The van der Waals surface area contributed by atoms with Gasteiger partial charge >= 0.3 is 12.8 Å². The van der Waals surface area contributed by atoms with E-state index in [0.29, 0.717) is 11.3 Å². The molecule has 24 heavy (non-hydrogen) atoms. The maximum atomic E-state index is 12.8. The van der Waals surface area contributed by atoms with E-state index in [1.807, 2.05) is 12.3 Å². The molecule has 3 N–H and O–H groups in total. The molecule has 11 heteroatoms. The Bertz CT molecular complexity index is 660. The molecule has 0 aliphatic heterocycles. The van der Waals surface area contributed by atoms with Gasteiger partial charge in [-0.15, -0.1) is 0 Å². The highest BCUT2D eigenvalue weighted by molar-refractivity contribution is 8.55. The molecule has 0 aliphatic rings. The minimum Gasteiger partial charge on any atom is -0.414 e. The molecule has 0 aliphatic carbocycles. The zero-order valence-electron chi connectivity index (χ0n) is 13.1. The Hall–Kier alpha value is -0.920. The van der Waals surface area contributed by atoms with Crippen LogP contribution in [0.25, 0.3) is 0 Å². The lowest BCUT2D eigenvalue weighted by Crippen LogP contribution is -2.24. The first-order valence-electron chi connectivity index (χ1n) is 6.98. The van der Waals surface area contributed by atoms with Crippen molar-refractivity contribution >= 4 is 53.6 Å². The standard InChI is InChI=1S/C13H18Cl2N3O4PS/c1-3-7-24-23(20,21-4-2)22-12-10(14)6-5-9(11(12)15)8-17-18-13(16)19/h5-6,8H,3-4,7H2,1-2H3,(H3,16,18,19). The van der Waals surface area contributed by atoms with E-state index in [0.717, 1.165) is 17.8 Å². The number of carbonyl (C=O) groups is 1. The molecular formula is C13H18Cl2N3O4PS. The van der Waals surface area contributed by atoms with E-state index in [1.165, 1.54) is 12.3 Å². The summed E-state index contributed by atoms with van der Waals surface area (Å²) >= 11 is 13.4. The van der Waals surface area contributed by atoms with Crippen molar-refractivity contribution in [1.29, 1.82) is 0 Å². The number of benzene rings is 1. The van der Waals surface area contributed by atoms with Crippen molar-refractivity contribution in [2.24, 2.45) is 10.8 Å². The van der Waals surface area contributed by atoms with E-state index in [9.17, 15) is 9.36 Å². The van der Waals surface area contributed by atoms with E-state index >= 15 is 0 Å². The Morgan fingerprint density at radius 3 is 2.75 bits per heavy atom. The van der Waals surface area contributed by atoms with Crippen LogP contribution in [0.3, 0.4) is 0 Å². The molecule has 0 fully saturated rings. The van der Waals surface area contributed by atoms with Gasteiger partial charge in [0.15, 0.2) is 5.75 Å². The summed E-state index contributed by atoms with van der Waals surface area (Å²) in [6, 6.07) is 2.26. The highest BCUT2D eigenvalue weighted by Gasteiger charge is 2.29. The van der Waals surface area contributed by atoms with Gasteiger partial charge in [-0.3, -0.25) is 4.52 Å². The fourth-order valence-electron chi connectivity index (χ4n) is 1.46.